The number of carbonyl (C=O) groups is 2. The minimum atomic E-state index is -0.301. The van der Waals surface area contributed by atoms with Crippen LogP contribution in [0.5, 0.6) is 11.6 Å². The van der Waals surface area contributed by atoms with Crippen molar-refractivity contribution in [3.05, 3.63) is 72.6 Å². The van der Waals surface area contributed by atoms with Gasteiger partial charge < -0.3 is 25.6 Å². The van der Waals surface area contributed by atoms with Crippen LogP contribution in [-0.4, -0.2) is 40.9 Å². The third kappa shape index (κ3) is 5.66. The number of ether oxygens (including phenoxy) is 1. The predicted octanol–water partition coefficient (Wildman–Crippen LogP) is 5.46. The highest BCUT2D eigenvalue weighted by Gasteiger charge is 2.27. The molecule has 38 heavy (non-hydrogen) atoms. The fourth-order valence-electron chi connectivity index (χ4n) is 4.33. The molecule has 2 aromatic heterocycles. The van der Waals surface area contributed by atoms with Gasteiger partial charge in [0, 0.05) is 36.1 Å². The zero-order valence-corrected chi connectivity index (χ0v) is 21.8. The number of benzene rings is 2. The van der Waals surface area contributed by atoms with Crippen molar-refractivity contribution < 1.29 is 14.3 Å². The zero-order valence-electron chi connectivity index (χ0n) is 20.9. The minimum absolute atomic E-state index is 0.112. The van der Waals surface area contributed by atoms with Crippen molar-refractivity contribution in [2.75, 3.05) is 28.6 Å². The molecule has 3 heterocycles. The maximum absolute atomic E-state index is 12.7. The van der Waals surface area contributed by atoms with Gasteiger partial charge in [0.05, 0.1) is 11.6 Å². The Hall–Kier alpha value is -4.28. The number of hydrogen-bond donors (Lipinski definition) is 3. The van der Waals surface area contributed by atoms with Crippen LogP contribution in [0.4, 0.5) is 23.0 Å². The predicted molar refractivity (Wildman–Crippen MR) is 152 cm³/mol. The molecule has 194 valence electrons. The lowest BCUT2D eigenvalue weighted by Gasteiger charge is -2.28. The van der Waals surface area contributed by atoms with Crippen molar-refractivity contribution in [2.24, 2.45) is 0 Å². The van der Waals surface area contributed by atoms with Crippen LogP contribution in [0, 0.1) is 0 Å². The number of hydrogen-bond acceptors (Lipinski definition) is 8. The maximum Gasteiger partial charge on any atom is 0.247 e. The molecule has 1 fully saturated rings. The van der Waals surface area contributed by atoms with Gasteiger partial charge in [0.25, 0.3) is 0 Å². The van der Waals surface area contributed by atoms with Crippen LogP contribution in [0.3, 0.4) is 0 Å². The normalized spacial score (nSPS) is 14.7. The molecule has 10 heteroatoms. The maximum atomic E-state index is 12.7. The van der Waals surface area contributed by atoms with Crippen molar-refractivity contribution in [3.8, 4) is 11.6 Å². The van der Waals surface area contributed by atoms with Gasteiger partial charge in [0.1, 0.15) is 10.4 Å². The number of amides is 2. The van der Waals surface area contributed by atoms with E-state index in [1.807, 2.05) is 47.5 Å². The molecule has 2 aromatic carbocycles. The van der Waals surface area contributed by atoms with Crippen LogP contribution in [0.25, 0.3) is 10.2 Å². The monoisotopic (exact) mass is 528 g/mol. The molecule has 1 atom stereocenters. The number of rotatable bonds is 9. The minimum Gasteiger partial charge on any atom is -0.437 e. The van der Waals surface area contributed by atoms with Gasteiger partial charge in [-0.25, -0.2) is 4.98 Å². The van der Waals surface area contributed by atoms with E-state index in [0.29, 0.717) is 29.7 Å². The third-order valence-electron chi connectivity index (χ3n) is 6.15. The van der Waals surface area contributed by atoms with Gasteiger partial charge in [-0.3, -0.25) is 9.59 Å². The van der Waals surface area contributed by atoms with Crippen molar-refractivity contribution in [1.29, 1.82) is 0 Å². The third-order valence-corrected chi connectivity index (χ3v) is 7.04. The summed E-state index contributed by atoms with van der Waals surface area (Å²) in [6.45, 7) is 7.08. The van der Waals surface area contributed by atoms with Crippen molar-refractivity contribution in [2.45, 2.75) is 25.8 Å². The molecule has 0 radical (unpaired) electrons. The largest absolute Gasteiger partial charge is 0.437 e. The molecule has 5 rings (SSSR count). The standard InChI is InChI=1S/C28H28N6O3S/c1-3-24(35)30-19-6-5-7-22(16-19)37-27-26-23(13-15-38-26)32-28(33-27)31-18-8-10-20(11-9-18)34(25(36)4-2)21-12-14-29-17-21/h3,5-11,13,15-16,21,29H,1,4,12,14,17H2,2H3,(H,30,35)(H,31,32,33). The van der Waals surface area contributed by atoms with E-state index in [0.717, 1.165) is 41.1 Å². The SMILES string of the molecule is C=CC(=O)Nc1cccc(Oc2nc(Nc3ccc(N(C(=O)CC)C4CCNC4)cc3)nc3ccsc23)c1. The van der Waals surface area contributed by atoms with E-state index in [1.165, 1.54) is 17.4 Å². The molecule has 1 unspecified atom stereocenters. The Morgan fingerprint density at radius 2 is 2.03 bits per heavy atom. The average molecular weight is 529 g/mol. The molecule has 0 bridgehead atoms. The van der Waals surface area contributed by atoms with Crippen molar-refractivity contribution in [1.82, 2.24) is 15.3 Å². The molecule has 1 aliphatic heterocycles. The van der Waals surface area contributed by atoms with Gasteiger partial charge in [-0.1, -0.05) is 19.6 Å². The van der Waals surface area contributed by atoms with E-state index in [-0.39, 0.29) is 17.9 Å². The molecular weight excluding hydrogens is 500 g/mol. The van der Waals surface area contributed by atoms with Crippen LogP contribution in [0.15, 0.2) is 72.6 Å². The highest BCUT2D eigenvalue weighted by atomic mass is 32.1. The van der Waals surface area contributed by atoms with E-state index in [2.05, 4.69) is 32.5 Å². The van der Waals surface area contributed by atoms with Gasteiger partial charge in [-0.05, 0) is 66.9 Å². The molecule has 0 aliphatic carbocycles. The number of fused-ring (bicyclic) bond motifs is 1. The highest BCUT2D eigenvalue weighted by molar-refractivity contribution is 7.17. The van der Waals surface area contributed by atoms with E-state index in [4.69, 9.17) is 4.74 Å². The second kappa shape index (κ2) is 11.4. The molecule has 1 aliphatic rings. The van der Waals surface area contributed by atoms with Crippen LogP contribution in [0.2, 0.25) is 0 Å². The summed E-state index contributed by atoms with van der Waals surface area (Å²) in [4.78, 5) is 35.5. The van der Waals surface area contributed by atoms with Crippen molar-refractivity contribution in [3.63, 3.8) is 0 Å². The summed E-state index contributed by atoms with van der Waals surface area (Å²) in [5.41, 5.74) is 3.00. The summed E-state index contributed by atoms with van der Waals surface area (Å²) in [6.07, 6.45) is 2.60. The van der Waals surface area contributed by atoms with E-state index < -0.39 is 0 Å². The van der Waals surface area contributed by atoms with Crippen LogP contribution < -0.4 is 25.6 Å². The summed E-state index contributed by atoms with van der Waals surface area (Å²) >= 11 is 1.49. The van der Waals surface area contributed by atoms with Crippen LogP contribution >= 0.6 is 11.3 Å². The number of nitrogens with zero attached hydrogens (tertiary/aromatic N) is 3. The fraction of sp³-hybridized carbons (Fsp3) is 0.214. The first-order valence-corrected chi connectivity index (χ1v) is 13.3. The smallest absolute Gasteiger partial charge is 0.247 e. The first kappa shape index (κ1) is 25.4. The average Bonchev–Trinajstić information content (AvgIpc) is 3.63. The topological polar surface area (TPSA) is 108 Å². The lowest BCUT2D eigenvalue weighted by molar-refractivity contribution is -0.118. The molecule has 9 nitrogen and oxygen atoms in total. The molecular formula is C28H28N6O3S. The lowest BCUT2D eigenvalue weighted by Crippen LogP contribution is -2.41. The van der Waals surface area contributed by atoms with E-state index in [1.54, 1.807) is 24.3 Å². The summed E-state index contributed by atoms with van der Waals surface area (Å²) in [5, 5.41) is 11.3. The molecule has 2 amide bonds. The number of carbonyl (C=O) groups excluding carboxylic acids is 2. The van der Waals surface area contributed by atoms with Crippen LogP contribution in [-0.2, 0) is 9.59 Å². The Morgan fingerprint density at radius 3 is 2.76 bits per heavy atom. The lowest BCUT2D eigenvalue weighted by atomic mass is 10.1. The number of anilines is 4. The summed E-state index contributed by atoms with van der Waals surface area (Å²) in [6, 6.07) is 16.9. The molecule has 3 N–H and O–H groups in total. The van der Waals surface area contributed by atoms with Crippen LogP contribution in [0.1, 0.15) is 19.8 Å². The molecule has 0 saturated carbocycles. The second-order valence-corrected chi connectivity index (χ2v) is 9.66. The first-order valence-electron chi connectivity index (χ1n) is 12.4. The van der Waals surface area contributed by atoms with Gasteiger partial charge in [-0.15, -0.1) is 11.3 Å². The molecule has 4 aromatic rings. The fourth-order valence-corrected chi connectivity index (χ4v) is 5.08. The zero-order chi connectivity index (χ0) is 26.5. The summed E-state index contributed by atoms with van der Waals surface area (Å²) in [7, 11) is 0. The second-order valence-electron chi connectivity index (χ2n) is 8.75. The number of nitrogens with one attached hydrogen (secondary N) is 3. The van der Waals surface area contributed by atoms with Gasteiger partial charge >= 0.3 is 0 Å². The quantitative estimate of drug-likeness (QED) is 0.248. The highest BCUT2D eigenvalue weighted by Crippen LogP contribution is 2.34. The van der Waals surface area contributed by atoms with Gasteiger partial charge in [-0.2, -0.15) is 4.98 Å². The Labute approximate surface area is 224 Å². The van der Waals surface area contributed by atoms with Gasteiger partial charge in [0.15, 0.2) is 0 Å². The summed E-state index contributed by atoms with van der Waals surface area (Å²) in [5.74, 6) is 1.13. The Morgan fingerprint density at radius 1 is 1.18 bits per heavy atom. The Kier molecular flexibility index (Phi) is 7.62. The Balaban J connectivity index is 1.37. The number of thiophene rings is 1. The van der Waals surface area contributed by atoms with Gasteiger partial charge in [0.2, 0.25) is 23.6 Å². The first-order chi connectivity index (χ1) is 18.5. The molecule has 1 saturated heterocycles. The Bertz CT molecular complexity index is 1460. The summed E-state index contributed by atoms with van der Waals surface area (Å²) < 4.78 is 6.93. The van der Waals surface area contributed by atoms with E-state index >= 15 is 0 Å². The van der Waals surface area contributed by atoms with E-state index in [9.17, 15) is 9.59 Å². The number of aromatic nitrogens is 2. The molecule has 0 spiro atoms. The van der Waals surface area contributed by atoms with Crippen molar-refractivity contribution >= 4 is 56.4 Å².